The summed E-state index contributed by atoms with van der Waals surface area (Å²) in [7, 11) is 4.19. The minimum atomic E-state index is -0.279. The van der Waals surface area contributed by atoms with Crippen molar-refractivity contribution in [1.29, 1.82) is 0 Å². The highest BCUT2D eigenvalue weighted by atomic mass is 19.1. The zero-order valence-corrected chi connectivity index (χ0v) is 14.9. The molecule has 3 fully saturated rings. The van der Waals surface area contributed by atoms with Crippen molar-refractivity contribution in [3.63, 3.8) is 0 Å². The quantitative estimate of drug-likeness (QED) is 0.907. The first-order valence-electron chi connectivity index (χ1n) is 9.07. The third kappa shape index (κ3) is 3.02. The van der Waals surface area contributed by atoms with Crippen LogP contribution in [0.15, 0.2) is 24.3 Å². The fraction of sp³-hybridized carbons (Fsp3) is 0.632. The molecule has 136 valence electrons. The normalized spacial score (nSPS) is 33.1. The second-order valence-corrected chi connectivity index (χ2v) is 7.96. The molecule has 0 saturated carbocycles. The molecule has 0 unspecified atom stereocenters. The number of halogens is 1. The molecule has 0 aromatic heterocycles. The van der Waals surface area contributed by atoms with Gasteiger partial charge in [-0.2, -0.15) is 0 Å². The summed E-state index contributed by atoms with van der Waals surface area (Å²) in [5.41, 5.74) is 0.634. The summed E-state index contributed by atoms with van der Waals surface area (Å²) >= 11 is 0. The molecule has 5 nitrogen and oxygen atoms in total. The average Bonchev–Trinajstić information content (AvgIpc) is 3.22. The van der Waals surface area contributed by atoms with E-state index in [0.29, 0.717) is 31.0 Å². The molecule has 1 aromatic rings. The number of likely N-dealkylation sites (tertiary alicyclic amines) is 1. The van der Waals surface area contributed by atoms with E-state index < -0.39 is 0 Å². The Kier molecular flexibility index (Phi) is 4.20. The predicted molar refractivity (Wildman–Crippen MR) is 92.6 cm³/mol. The van der Waals surface area contributed by atoms with Crippen molar-refractivity contribution in [2.24, 2.45) is 11.8 Å². The van der Waals surface area contributed by atoms with E-state index in [1.54, 1.807) is 6.07 Å². The monoisotopic (exact) mass is 347 g/mol. The molecule has 0 aliphatic carbocycles. The molecular weight excluding hydrogens is 321 g/mol. The first-order chi connectivity index (χ1) is 12.0. The van der Waals surface area contributed by atoms with Crippen molar-refractivity contribution < 1.29 is 13.9 Å². The Morgan fingerprint density at radius 2 is 2.32 bits per heavy atom. The lowest BCUT2D eigenvalue weighted by Gasteiger charge is -2.30. The number of amides is 2. The molecular formula is C19H26FN3O2. The van der Waals surface area contributed by atoms with E-state index in [2.05, 4.69) is 24.3 Å². The zero-order valence-electron chi connectivity index (χ0n) is 14.9. The molecule has 0 radical (unpaired) electrons. The van der Waals surface area contributed by atoms with Gasteiger partial charge in [-0.1, -0.05) is 12.1 Å². The van der Waals surface area contributed by atoms with Gasteiger partial charge in [0.05, 0.1) is 18.2 Å². The number of hydrogen-bond acceptors (Lipinski definition) is 3. The Morgan fingerprint density at radius 1 is 1.48 bits per heavy atom. The van der Waals surface area contributed by atoms with Crippen molar-refractivity contribution >= 4 is 6.03 Å². The van der Waals surface area contributed by atoms with Crippen molar-refractivity contribution in [1.82, 2.24) is 15.1 Å². The van der Waals surface area contributed by atoms with Crippen LogP contribution in [0.3, 0.4) is 0 Å². The van der Waals surface area contributed by atoms with Gasteiger partial charge in [-0.3, -0.25) is 0 Å². The third-order valence-electron chi connectivity index (χ3n) is 5.98. The maximum Gasteiger partial charge on any atom is 0.317 e. The Bertz CT molecular complexity index is 668. The lowest BCUT2D eigenvalue weighted by atomic mass is 9.73. The van der Waals surface area contributed by atoms with Crippen LogP contribution in [0.4, 0.5) is 9.18 Å². The van der Waals surface area contributed by atoms with Gasteiger partial charge in [-0.05, 0) is 44.6 Å². The van der Waals surface area contributed by atoms with Gasteiger partial charge in [0.1, 0.15) is 5.82 Å². The summed E-state index contributed by atoms with van der Waals surface area (Å²) < 4.78 is 19.6. The second kappa shape index (κ2) is 6.25. The van der Waals surface area contributed by atoms with E-state index in [0.717, 1.165) is 31.5 Å². The molecule has 6 heteroatoms. The van der Waals surface area contributed by atoms with Crippen molar-refractivity contribution in [2.45, 2.75) is 31.1 Å². The van der Waals surface area contributed by atoms with Gasteiger partial charge in [0.2, 0.25) is 0 Å². The van der Waals surface area contributed by atoms with Crippen LogP contribution >= 0.6 is 0 Å². The van der Waals surface area contributed by atoms with Gasteiger partial charge in [0.15, 0.2) is 0 Å². The maximum absolute atomic E-state index is 13.3. The summed E-state index contributed by atoms with van der Waals surface area (Å²) in [6.07, 6.45) is 2.51. The Hall–Kier alpha value is -1.66. The van der Waals surface area contributed by atoms with Crippen LogP contribution in [0, 0.1) is 17.7 Å². The fourth-order valence-corrected chi connectivity index (χ4v) is 4.95. The summed E-state index contributed by atoms with van der Waals surface area (Å²) in [4.78, 5) is 16.7. The summed E-state index contributed by atoms with van der Waals surface area (Å²) in [6.45, 7) is 2.78. The molecule has 3 saturated heterocycles. The topological polar surface area (TPSA) is 44.8 Å². The van der Waals surface area contributed by atoms with E-state index in [4.69, 9.17) is 4.74 Å². The minimum absolute atomic E-state index is 0.0799. The molecule has 1 N–H and O–H groups in total. The van der Waals surface area contributed by atoms with Crippen LogP contribution < -0.4 is 5.32 Å². The molecule has 3 heterocycles. The molecule has 4 rings (SSSR count). The molecule has 3 aliphatic rings. The van der Waals surface area contributed by atoms with Gasteiger partial charge in [0.25, 0.3) is 0 Å². The summed E-state index contributed by atoms with van der Waals surface area (Å²) in [5.74, 6) is 0.650. The Labute approximate surface area is 148 Å². The van der Waals surface area contributed by atoms with E-state index in [1.165, 1.54) is 12.1 Å². The van der Waals surface area contributed by atoms with E-state index in [-0.39, 0.29) is 17.4 Å². The standard InChI is InChI=1S/C19H26FN3O2/c1-22(2)10-15-16-11-23(12-19(16)7-6-17(15)25-19)18(24)21-9-13-4-3-5-14(20)8-13/h3-5,8,15-17H,6-7,9-12H2,1-2H3,(H,21,24)/t15-,16+,17+,19+/m0/s1. The lowest BCUT2D eigenvalue weighted by Crippen LogP contribution is -2.41. The summed E-state index contributed by atoms with van der Waals surface area (Å²) in [6, 6.07) is 6.26. The average molecular weight is 347 g/mol. The molecule has 2 bridgehead atoms. The second-order valence-electron chi connectivity index (χ2n) is 7.96. The molecule has 1 aromatic carbocycles. The number of fused-ring (bicyclic) bond motifs is 1. The highest BCUT2D eigenvalue weighted by molar-refractivity contribution is 5.74. The predicted octanol–water partition coefficient (Wildman–Crippen LogP) is 2.08. The van der Waals surface area contributed by atoms with Gasteiger partial charge >= 0.3 is 6.03 Å². The molecule has 4 atom stereocenters. The van der Waals surface area contributed by atoms with Crippen molar-refractivity contribution in [3.8, 4) is 0 Å². The molecule has 25 heavy (non-hydrogen) atoms. The molecule has 1 spiro atoms. The number of nitrogens with one attached hydrogen (secondary N) is 1. The van der Waals surface area contributed by atoms with Crippen LogP contribution in [0.25, 0.3) is 0 Å². The van der Waals surface area contributed by atoms with Gasteiger partial charge in [-0.25, -0.2) is 9.18 Å². The Morgan fingerprint density at radius 3 is 3.08 bits per heavy atom. The minimum Gasteiger partial charge on any atom is -0.369 e. The summed E-state index contributed by atoms with van der Waals surface area (Å²) in [5, 5.41) is 2.92. The van der Waals surface area contributed by atoms with Crippen LogP contribution in [0.2, 0.25) is 0 Å². The van der Waals surface area contributed by atoms with E-state index in [1.807, 2.05) is 11.0 Å². The van der Waals surface area contributed by atoms with Crippen LogP contribution in [-0.4, -0.2) is 61.3 Å². The van der Waals surface area contributed by atoms with Gasteiger partial charge in [-0.15, -0.1) is 0 Å². The lowest BCUT2D eigenvalue weighted by molar-refractivity contribution is 0.00492. The number of rotatable bonds is 4. The maximum atomic E-state index is 13.3. The van der Waals surface area contributed by atoms with Crippen molar-refractivity contribution in [3.05, 3.63) is 35.6 Å². The smallest absolute Gasteiger partial charge is 0.317 e. The van der Waals surface area contributed by atoms with E-state index in [9.17, 15) is 9.18 Å². The van der Waals surface area contributed by atoms with Gasteiger partial charge < -0.3 is 19.9 Å². The zero-order chi connectivity index (χ0) is 17.6. The number of benzene rings is 1. The third-order valence-corrected chi connectivity index (χ3v) is 5.98. The highest BCUT2D eigenvalue weighted by Crippen LogP contribution is 2.54. The number of nitrogens with zero attached hydrogens (tertiary/aromatic N) is 2. The first kappa shape index (κ1) is 16.8. The highest BCUT2D eigenvalue weighted by Gasteiger charge is 2.63. The van der Waals surface area contributed by atoms with Crippen LogP contribution in [0.5, 0.6) is 0 Å². The number of urea groups is 1. The Balaban J connectivity index is 1.39. The van der Waals surface area contributed by atoms with Crippen LogP contribution in [-0.2, 0) is 11.3 Å². The van der Waals surface area contributed by atoms with Gasteiger partial charge in [0, 0.05) is 31.5 Å². The van der Waals surface area contributed by atoms with E-state index >= 15 is 0 Å². The largest absolute Gasteiger partial charge is 0.369 e. The molecule has 3 aliphatic heterocycles. The number of carbonyl (C=O) groups excluding carboxylic acids is 1. The number of hydrogen-bond donors (Lipinski definition) is 1. The fourth-order valence-electron chi connectivity index (χ4n) is 4.95. The number of ether oxygens (including phenoxy) is 1. The molecule has 2 amide bonds. The first-order valence-corrected chi connectivity index (χ1v) is 9.07. The number of carbonyl (C=O) groups is 1. The van der Waals surface area contributed by atoms with Crippen LogP contribution in [0.1, 0.15) is 18.4 Å². The van der Waals surface area contributed by atoms with Crippen molar-refractivity contribution in [2.75, 3.05) is 33.7 Å². The SMILES string of the molecule is CN(C)C[C@H]1[C@H]2CN(C(=O)NCc3cccc(F)c3)C[C@]23CC[C@H]1O3.